The molecule has 2 heterocycles. The van der Waals surface area contributed by atoms with Gasteiger partial charge >= 0.3 is 0 Å². The minimum atomic E-state index is -0.149. The summed E-state index contributed by atoms with van der Waals surface area (Å²) in [5.74, 6) is 0.378. The summed E-state index contributed by atoms with van der Waals surface area (Å²) in [7, 11) is 1.59. The molecule has 25 heavy (non-hydrogen) atoms. The highest BCUT2D eigenvalue weighted by Crippen LogP contribution is 2.21. The Morgan fingerprint density at radius 1 is 1.16 bits per heavy atom. The lowest BCUT2D eigenvalue weighted by atomic mass is 9.97. The molecule has 0 radical (unpaired) electrons. The molecule has 1 aromatic carbocycles. The third-order valence-electron chi connectivity index (χ3n) is 4.27. The van der Waals surface area contributed by atoms with E-state index < -0.39 is 0 Å². The van der Waals surface area contributed by atoms with Crippen LogP contribution in [-0.2, 0) is 4.79 Å². The van der Waals surface area contributed by atoms with E-state index in [9.17, 15) is 9.59 Å². The van der Waals surface area contributed by atoms with Gasteiger partial charge in [0.15, 0.2) is 0 Å². The molecule has 130 valence electrons. The summed E-state index contributed by atoms with van der Waals surface area (Å²) in [6, 6.07) is 8.64. The fourth-order valence-electron chi connectivity index (χ4n) is 2.92. The highest BCUT2D eigenvalue weighted by molar-refractivity contribution is 5.96. The van der Waals surface area contributed by atoms with Gasteiger partial charge in [-0.15, -0.1) is 0 Å². The lowest BCUT2D eigenvalue weighted by Crippen LogP contribution is -2.41. The average molecular weight is 339 g/mol. The first-order valence-corrected chi connectivity index (χ1v) is 8.32. The van der Waals surface area contributed by atoms with Gasteiger partial charge in [0.1, 0.15) is 0 Å². The molecule has 1 aliphatic rings. The van der Waals surface area contributed by atoms with Gasteiger partial charge in [-0.2, -0.15) is 0 Å². The van der Waals surface area contributed by atoms with Crippen molar-refractivity contribution in [2.24, 2.45) is 5.92 Å². The van der Waals surface area contributed by atoms with E-state index in [-0.39, 0.29) is 17.7 Å². The number of piperidine rings is 1. The zero-order valence-electron chi connectivity index (χ0n) is 14.1. The first kappa shape index (κ1) is 16.9. The van der Waals surface area contributed by atoms with E-state index in [0.717, 1.165) is 19.4 Å². The molecule has 7 heteroatoms. The zero-order valence-corrected chi connectivity index (χ0v) is 14.1. The van der Waals surface area contributed by atoms with Crippen molar-refractivity contribution in [3.63, 3.8) is 0 Å². The fraction of sp³-hybridized carbons (Fsp3) is 0.333. The number of carbonyl (C=O) groups is 2. The number of aromatic nitrogens is 2. The summed E-state index contributed by atoms with van der Waals surface area (Å²) < 4.78 is 0. The van der Waals surface area contributed by atoms with Gasteiger partial charge in [-0.05, 0) is 43.2 Å². The monoisotopic (exact) mass is 339 g/mol. The largest absolute Gasteiger partial charge is 0.355 e. The van der Waals surface area contributed by atoms with Crippen LogP contribution in [-0.4, -0.2) is 41.9 Å². The molecule has 0 aliphatic carbocycles. The van der Waals surface area contributed by atoms with Gasteiger partial charge in [-0.25, -0.2) is 9.97 Å². The van der Waals surface area contributed by atoms with Crippen molar-refractivity contribution in [2.75, 3.05) is 30.4 Å². The number of anilines is 2. The van der Waals surface area contributed by atoms with Crippen molar-refractivity contribution in [1.29, 1.82) is 0 Å². The van der Waals surface area contributed by atoms with Crippen LogP contribution in [0, 0.1) is 5.92 Å². The van der Waals surface area contributed by atoms with Crippen molar-refractivity contribution < 1.29 is 9.59 Å². The molecule has 2 amide bonds. The average Bonchev–Trinajstić information content (AvgIpc) is 2.68. The van der Waals surface area contributed by atoms with E-state index in [1.165, 1.54) is 0 Å². The topological polar surface area (TPSA) is 87.2 Å². The van der Waals surface area contributed by atoms with Gasteiger partial charge < -0.3 is 15.5 Å². The normalized spacial score (nSPS) is 17.0. The number of hydrogen-bond donors (Lipinski definition) is 2. The van der Waals surface area contributed by atoms with E-state index in [0.29, 0.717) is 23.7 Å². The number of benzene rings is 1. The summed E-state index contributed by atoms with van der Waals surface area (Å²) in [6.45, 7) is 1.46. The van der Waals surface area contributed by atoms with Crippen LogP contribution >= 0.6 is 0 Å². The second kappa shape index (κ2) is 7.74. The van der Waals surface area contributed by atoms with E-state index in [1.54, 1.807) is 49.8 Å². The van der Waals surface area contributed by atoms with Crippen LogP contribution in [0.4, 0.5) is 11.6 Å². The minimum absolute atomic E-state index is 0.0201. The second-order valence-corrected chi connectivity index (χ2v) is 5.98. The predicted molar refractivity (Wildman–Crippen MR) is 95.4 cm³/mol. The Labute approximate surface area is 146 Å². The molecule has 1 saturated heterocycles. The lowest BCUT2D eigenvalue weighted by Gasteiger charge is -2.31. The van der Waals surface area contributed by atoms with Gasteiger partial charge in [0.2, 0.25) is 11.9 Å². The Balaban J connectivity index is 1.62. The number of nitrogens with one attached hydrogen (secondary N) is 2. The third-order valence-corrected chi connectivity index (χ3v) is 4.27. The standard InChI is InChI=1S/C18H21N5O2/c1-19-16(24)13-5-7-15(8-6-13)22-17(25)14-4-2-11-23(12-14)18-20-9-3-10-21-18/h3,5-10,14H,2,4,11-12H2,1H3,(H,19,24)(H,22,25). The molecule has 7 nitrogen and oxygen atoms in total. The third kappa shape index (κ3) is 4.12. The highest BCUT2D eigenvalue weighted by atomic mass is 16.2. The van der Waals surface area contributed by atoms with Crippen LogP contribution in [0.3, 0.4) is 0 Å². The molecule has 1 aromatic heterocycles. The van der Waals surface area contributed by atoms with Crippen molar-refractivity contribution in [1.82, 2.24) is 15.3 Å². The van der Waals surface area contributed by atoms with Crippen LogP contribution < -0.4 is 15.5 Å². The maximum absolute atomic E-state index is 12.6. The summed E-state index contributed by atoms with van der Waals surface area (Å²) in [5, 5.41) is 5.50. The summed E-state index contributed by atoms with van der Waals surface area (Å²) in [6.07, 6.45) is 5.18. The van der Waals surface area contributed by atoms with Crippen LogP contribution in [0.2, 0.25) is 0 Å². The summed E-state index contributed by atoms with van der Waals surface area (Å²) >= 11 is 0. The number of nitrogens with zero attached hydrogens (tertiary/aromatic N) is 3. The fourth-order valence-corrected chi connectivity index (χ4v) is 2.92. The first-order chi connectivity index (χ1) is 12.2. The maximum atomic E-state index is 12.6. The van der Waals surface area contributed by atoms with E-state index >= 15 is 0 Å². The van der Waals surface area contributed by atoms with Crippen LogP contribution in [0.5, 0.6) is 0 Å². The quantitative estimate of drug-likeness (QED) is 0.885. The van der Waals surface area contributed by atoms with Crippen molar-refractivity contribution in [3.05, 3.63) is 48.3 Å². The number of hydrogen-bond acceptors (Lipinski definition) is 5. The maximum Gasteiger partial charge on any atom is 0.251 e. The van der Waals surface area contributed by atoms with E-state index in [4.69, 9.17) is 0 Å². The molecule has 0 bridgehead atoms. The Kier molecular flexibility index (Phi) is 5.23. The Morgan fingerprint density at radius 3 is 2.56 bits per heavy atom. The van der Waals surface area contributed by atoms with Gasteiger partial charge in [-0.1, -0.05) is 0 Å². The van der Waals surface area contributed by atoms with Gasteiger partial charge in [0, 0.05) is 43.8 Å². The molecule has 0 saturated carbocycles. The van der Waals surface area contributed by atoms with Crippen LogP contribution in [0.25, 0.3) is 0 Å². The van der Waals surface area contributed by atoms with Crippen LogP contribution in [0.15, 0.2) is 42.7 Å². The van der Waals surface area contributed by atoms with Crippen molar-refractivity contribution >= 4 is 23.5 Å². The Hall–Kier alpha value is -2.96. The van der Waals surface area contributed by atoms with Gasteiger partial charge in [-0.3, -0.25) is 9.59 Å². The molecule has 2 N–H and O–H groups in total. The second-order valence-electron chi connectivity index (χ2n) is 5.98. The number of carbonyl (C=O) groups excluding carboxylic acids is 2. The lowest BCUT2D eigenvalue weighted by molar-refractivity contribution is -0.120. The smallest absolute Gasteiger partial charge is 0.251 e. The van der Waals surface area contributed by atoms with E-state index in [1.807, 2.05) is 4.90 Å². The number of rotatable bonds is 4. The van der Waals surface area contributed by atoms with Crippen molar-refractivity contribution in [3.8, 4) is 0 Å². The predicted octanol–water partition coefficient (Wildman–Crippen LogP) is 1.69. The molecule has 1 fully saturated rings. The molecule has 0 spiro atoms. The highest BCUT2D eigenvalue weighted by Gasteiger charge is 2.27. The van der Waals surface area contributed by atoms with Crippen LogP contribution in [0.1, 0.15) is 23.2 Å². The van der Waals surface area contributed by atoms with E-state index in [2.05, 4.69) is 20.6 Å². The summed E-state index contributed by atoms with van der Waals surface area (Å²) in [4.78, 5) is 34.7. The zero-order chi connectivity index (χ0) is 17.6. The number of amides is 2. The molecular formula is C18H21N5O2. The molecule has 1 aliphatic heterocycles. The first-order valence-electron chi connectivity index (χ1n) is 8.32. The SMILES string of the molecule is CNC(=O)c1ccc(NC(=O)C2CCCN(c3ncccn3)C2)cc1. The molecule has 2 aromatic rings. The molecule has 3 rings (SSSR count). The molecule has 1 unspecified atom stereocenters. The Morgan fingerprint density at radius 2 is 1.88 bits per heavy atom. The summed E-state index contributed by atoms with van der Waals surface area (Å²) in [5.41, 5.74) is 1.25. The molecular weight excluding hydrogens is 318 g/mol. The minimum Gasteiger partial charge on any atom is -0.355 e. The molecule has 1 atom stereocenters. The Bertz CT molecular complexity index is 733. The van der Waals surface area contributed by atoms with Crippen molar-refractivity contribution in [2.45, 2.75) is 12.8 Å². The van der Waals surface area contributed by atoms with Gasteiger partial charge in [0.05, 0.1) is 5.92 Å². The van der Waals surface area contributed by atoms with Gasteiger partial charge in [0.25, 0.3) is 5.91 Å².